The normalized spacial score (nSPS) is 19.8. The number of thiazole rings is 1. The summed E-state index contributed by atoms with van der Waals surface area (Å²) in [6.45, 7) is 0. The fraction of sp³-hybridized carbons (Fsp3) is 0.312. The van der Waals surface area contributed by atoms with Crippen LogP contribution in [0.2, 0.25) is 0 Å². The molecule has 0 amide bonds. The Hall–Kier alpha value is -1.91. The molecule has 0 bridgehead atoms. The molecule has 2 N–H and O–H groups in total. The second-order valence-electron chi connectivity index (χ2n) is 5.56. The van der Waals surface area contributed by atoms with Crippen molar-refractivity contribution >= 4 is 52.5 Å². The zero-order valence-electron chi connectivity index (χ0n) is 13.7. The number of aliphatic carboxylic acids is 2. The van der Waals surface area contributed by atoms with Crippen molar-refractivity contribution in [1.82, 2.24) is 4.98 Å². The highest BCUT2D eigenvalue weighted by Crippen LogP contribution is 2.36. The minimum absolute atomic E-state index is 0.0171. The van der Waals surface area contributed by atoms with E-state index in [1.165, 1.54) is 34.9 Å². The van der Waals surface area contributed by atoms with Crippen molar-refractivity contribution in [2.75, 3.05) is 5.75 Å². The number of hydrogen-bond donors (Lipinski definition) is 2. The van der Waals surface area contributed by atoms with Gasteiger partial charge in [0, 0.05) is 28.8 Å². The van der Waals surface area contributed by atoms with Crippen LogP contribution in [0.1, 0.15) is 6.42 Å². The van der Waals surface area contributed by atoms with Gasteiger partial charge in [-0.15, -0.1) is 23.1 Å². The van der Waals surface area contributed by atoms with Crippen molar-refractivity contribution < 1.29 is 24.4 Å². The number of nitrogens with zero attached hydrogens (tertiary/aromatic N) is 3. The van der Waals surface area contributed by atoms with E-state index in [-0.39, 0.29) is 17.4 Å². The summed E-state index contributed by atoms with van der Waals surface area (Å²) in [4.78, 5) is 31.1. The van der Waals surface area contributed by atoms with E-state index < -0.39 is 17.3 Å². The molecule has 0 fully saturated rings. The molecule has 0 spiro atoms. The second-order valence-corrected chi connectivity index (χ2v) is 9.08. The first-order chi connectivity index (χ1) is 12.4. The summed E-state index contributed by atoms with van der Waals surface area (Å²) in [7, 11) is 1.94. The fourth-order valence-electron chi connectivity index (χ4n) is 2.33. The Labute approximate surface area is 162 Å². The smallest absolute Gasteiger partial charge is 0.351 e. The summed E-state index contributed by atoms with van der Waals surface area (Å²) in [6, 6.07) is 3.95. The first-order valence-corrected chi connectivity index (χ1v) is 10.5. The Morgan fingerprint density at radius 2 is 2.08 bits per heavy atom. The van der Waals surface area contributed by atoms with Crippen LogP contribution in [0.5, 0.6) is 0 Å². The highest BCUT2D eigenvalue weighted by molar-refractivity contribution is 8.05. The molecular weight excluding hydrogens is 394 g/mol. The van der Waals surface area contributed by atoms with Crippen LogP contribution in [0.15, 0.2) is 39.2 Å². The summed E-state index contributed by atoms with van der Waals surface area (Å²) in [5, 5.41) is 19.3. The lowest BCUT2D eigenvalue weighted by Crippen LogP contribution is -2.34. The zero-order chi connectivity index (χ0) is 18.7. The number of carboxylic acid groups (broad SMARTS) is 2. The van der Waals surface area contributed by atoms with E-state index in [4.69, 9.17) is 5.11 Å². The van der Waals surface area contributed by atoms with Crippen LogP contribution in [0.25, 0.3) is 11.3 Å². The van der Waals surface area contributed by atoms with Crippen molar-refractivity contribution in [3.8, 4) is 11.3 Å². The lowest BCUT2D eigenvalue weighted by atomic mass is 10.2. The molecule has 1 aliphatic rings. The standard InChI is InChI=1S/C16H15N3O4S3/c1-19-4-2-9(3-5-19)10-7-25-16(17-10)26-11-8-24-12(6-13(20)21)18-14(11)15(22)23/h2-5,7,11-12H,6,8H2,1H3,(H-,20,21,22,23)/p+1/t11?,12-/m1/s1. The van der Waals surface area contributed by atoms with Crippen LogP contribution < -0.4 is 4.57 Å². The van der Waals surface area contributed by atoms with E-state index in [0.717, 1.165) is 15.6 Å². The molecule has 7 nitrogen and oxygen atoms in total. The predicted molar refractivity (Wildman–Crippen MR) is 102 cm³/mol. The minimum Gasteiger partial charge on any atom is -0.481 e. The summed E-state index contributed by atoms with van der Waals surface area (Å²) < 4.78 is 2.71. The molecule has 1 aliphatic heterocycles. The number of aliphatic imine (C=N–C) groups is 1. The van der Waals surface area contributed by atoms with Gasteiger partial charge < -0.3 is 10.2 Å². The Balaban J connectivity index is 1.75. The number of carboxylic acids is 2. The van der Waals surface area contributed by atoms with Crippen LogP contribution in [0.3, 0.4) is 0 Å². The highest BCUT2D eigenvalue weighted by Gasteiger charge is 2.32. The van der Waals surface area contributed by atoms with Gasteiger partial charge in [-0.05, 0) is 0 Å². The maximum atomic E-state index is 11.5. The number of pyridine rings is 1. The van der Waals surface area contributed by atoms with Gasteiger partial charge in [0.1, 0.15) is 18.1 Å². The van der Waals surface area contributed by atoms with Gasteiger partial charge in [0.25, 0.3) is 0 Å². The topological polar surface area (TPSA) is 104 Å². The Morgan fingerprint density at radius 1 is 1.35 bits per heavy atom. The van der Waals surface area contributed by atoms with E-state index in [9.17, 15) is 14.7 Å². The van der Waals surface area contributed by atoms with Gasteiger partial charge in [0.15, 0.2) is 16.7 Å². The number of aryl methyl sites for hydroxylation is 1. The quantitative estimate of drug-likeness (QED) is 0.703. The number of hydrogen-bond acceptors (Lipinski definition) is 7. The molecule has 136 valence electrons. The van der Waals surface area contributed by atoms with Gasteiger partial charge in [0.2, 0.25) is 0 Å². The molecule has 0 aliphatic carbocycles. The average Bonchev–Trinajstić information content (AvgIpc) is 3.04. The molecule has 1 unspecified atom stereocenters. The monoisotopic (exact) mass is 410 g/mol. The molecule has 3 rings (SSSR count). The van der Waals surface area contributed by atoms with Crippen LogP contribution >= 0.6 is 34.9 Å². The van der Waals surface area contributed by atoms with E-state index in [2.05, 4.69) is 9.98 Å². The van der Waals surface area contributed by atoms with Crippen molar-refractivity contribution in [1.29, 1.82) is 0 Å². The van der Waals surface area contributed by atoms with Crippen LogP contribution in [0, 0.1) is 0 Å². The van der Waals surface area contributed by atoms with Crippen molar-refractivity contribution in [3.63, 3.8) is 0 Å². The first kappa shape index (κ1) is 18.9. The Kier molecular flexibility index (Phi) is 5.94. The van der Waals surface area contributed by atoms with Gasteiger partial charge in [-0.3, -0.25) is 9.79 Å². The maximum absolute atomic E-state index is 11.5. The molecule has 3 heterocycles. The van der Waals surface area contributed by atoms with Crippen molar-refractivity contribution in [3.05, 3.63) is 29.9 Å². The Morgan fingerprint density at radius 3 is 2.73 bits per heavy atom. The maximum Gasteiger partial charge on any atom is 0.351 e. The first-order valence-electron chi connectivity index (χ1n) is 7.64. The molecular formula is C16H16N3O4S3+. The van der Waals surface area contributed by atoms with Gasteiger partial charge >= 0.3 is 11.9 Å². The van der Waals surface area contributed by atoms with E-state index >= 15 is 0 Å². The summed E-state index contributed by atoms with van der Waals surface area (Å²) >= 11 is 4.19. The van der Waals surface area contributed by atoms with Crippen LogP contribution in [0.4, 0.5) is 0 Å². The molecule has 0 radical (unpaired) electrons. The fourth-order valence-corrected chi connectivity index (χ4v) is 5.77. The van der Waals surface area contributed by atoms with Crippen LogP contribution in [-0.2, 0) is 16.6 Å². The van der Waals surface area contributed by atoms with E-state index in [1.807, 2.05) is 41.5 Å². The largest absolute Gasteiger partial charge is 0.481 e. The molecule has 26 heavy (non-hydrogen) atoms. The third-order valence-corrected chi connectivity index (χ3v) is 7.17. The highest BCUT2D eigenvalue weighted by atomic mass is 32.2. The molecule has 10 heteroatoms. The lowest BCUT2D eigenvalue weighted by Gasteiger charge is -2.23. The number of carbonyl (C=O) groups is 2. The number of thioether (sulfide) groups is 2. The van der Waals surface area contributed by atoms with Gasteiger partial charge in [-0.1, -0.05) is 11.8 Å². The second kappa shape index (κ2) is 8.19. The predicted octanol–water partition coefficient (Wildman–Crippen LogP) is 2.17. The van der Waals surface area contributed by atoms with Crippen molar-refractivity contribution in [2.45, 2.75) is 21.4 Å². The lowest BCUT2D eigenvalue weighted by molar-refractivity contribution is -0.671. The van der Waals surface area contributed by atoms with Gasteiger partial charge in [0.05, 0.1) is 17.4 Å². The van der Waals surface area contributed by atoms with E-state index in [1.54, 1.807) is 0 Å². The van der Waals surface area contributed by atoms with Crippen LogP contribution in [-0.4, -0.2) is 49.2 Å². The van der Waals surface area contributed by atoms with Crippen molar-refractivity contribution in [2.24, 2.45) is 12.0 Å². The zero-order valence-corrected chi connectivity index (χ0v) is 16.2. The molecule has 2 aromatic heterocycles. The van der Waals surface area contributed by atoms with Gasteiger partial charge in [-0.25, -0.2) is 14.3 Å². The molecule has 0 saturated heterocycles. The van der Waals surface area contributed by atoms with Gasteiger partial charge in [-0.2, -0.15) is 0 Å². The summed E-state index contributed by atoms with van der Waals surface area (Å²) in [5.74, 6) is -1.60. The summed E-state index contributed by atoms with van der Waals surface area (Å²) in [5.41, 5.74) is 1.86. The molecule has 0 saturated carbocycles. The molecule has 2 aromatic rings. The SMILES string of the molecule is C[n+]1ccc(-c2csc(SC3CS[C@H](CC(=O)O)N=C3C(=O)O)n2)cc1. The number of rotatable bonds is 6. The third kappa shape index (κ3) is 4.63. The average molecular weight is 411 g/mol. The third-order valence-electron chi connectivity index (χ3n) is 3.60. The molecule has 2 atom stereocenters. The Bertz CT molecular complexity index is 851. The minimum atomic E-state index is -1.11. The van der Waals surface area contributed by atoms with E-state index in [0.29, 0.717) is 5.75 Å². The number of aromatic nitrogens is 2. The molecule has 0 aromatic carbocycles. The summed E-state index contributed by atoms with van der Waals surface area (Å²) in [6.07, 6.45) is 3.71.